The number of benzene rings is 1. The van der Waals surface area contributed by atoms with Gasteiger partial charge < -0.3 is 30.0 Å². The standard InChI is InChI=1S/C25H28N8O5S/c26-24-28-22-20(23-27-21(29-33(23)24)19-2-1-13-37-19)39-25(36)32(22)12-9-30-7-10-31(11-8-30)16-3-5-18(6-4-16)38-15-17(35)14-34/h1-6,13,17,34-35H,7-12,14-15H2,(H2,26,28). The van der Waals surface area contributed by atoms with Gasteiger partial charge >= 0.3 is 4.87 Å². The van der Waals surface area contributed by atoms with E-state index in [-0.39, 0.29) is 24.0 Å². The first-order valence-electron chi connectivity index (χ1n) is 12.6. The van der Waals surface area contributed by atoms with Gasteiger partial charge in [0.15, 0.2) is 17.1 Å². The molecule has 14 heteroatoms. The van der Waals surface area contributed by atoms with Gasteiger partial charge in [-0.25, -0.2) is 4.98 Å². The van der Waals surface area contributed by atoms with Crippen molar-refractivity contribution < 1.29 is 19.4 Å². The normalized spacial score (nSPS) is 15.4. The van der Waals surface area contributed by atoms with Crippen LogP contribution in [0.25, 0.3) is 27.6 Å². The molecule has 1 fully saturated rings. The Balaban J connectivity index is 1.10. The number of fused-ring (bicyclic) bond motifs is 3. The monoisotopic (exact) mass is 552 g/mol. The zero-order valence-corrected chi connectivity index (χ0v) is 21.8. The van der Waals surface area contributed by atoms with Crippen LogP contribution in [0.2, 0.25) is 0 Å². The quantitative estimate of drug-likeness (QED) is 0.238. The van der Waals surface area contributed by atoms with Crippen LogP contribution < -0.4 is 20.2 Å². The van der Waals surface area contributed by atoms with E-state index < -0.39 is 6.10 Å². The number of nitrogens with zero attached hydrogens (tertiary/aromatic N) is 7. The average Bonchev–Trinajstić information content (AvgIpc) is 3.71. The molecule has 0 spiro atoms. The molecule has 1 aliphatic rings. The number of thiazole rings is 1. The summed E-state index contributed by atoms with van der Waals surface area (Å²) < 4.78 is 14.6. The third-order valence-electron chi connectivity index (χ3n) is 6.72. The van der Waals surface area contributed by atoms with Crippen molar-refractivity contribution in [3.8, 4) is 17.3 Å². The van der Waals surface area contributed by atoms with Crippen LogP contribution in [0, 0.1) is 0 Å². The van der Waals surface area contributed by atoms with Crippen LogP contribution in [0.4, 0.5) is 11.6 Å². The van der Waals surface area contributed by atoms with Gasteiger partial charge in [-0.05, 0) is 36.4 Å². The number of hydrogen-bond donors (Lipinski definition) is 3. The Kier molecular flexibility index (Phi) is 6.91. The largest absolute Gasteiger partial charge is 0.491 e. The lowest BCUT2D eigenvalue weighted by Gasteiger charge is -2.36. The number of aliphatic hydroxyl groups is 2. The molecule has 6 rings (SSSR count). The average molecular weight is 553 g/mol. The number of furan rings is 1. The van der Waals surface area contributed by atoms with Gasteiger partial charge in [-0.2, -0.15) is 9.50 Å². The summed E-state index contributed by atoms with van der Waals surface area (Å²) in [5, 5.41) is 22.7. The SMILES string of the molecule is Nc1nc2c(sc(=O)n2CCN2CCN(c3ccc(OCC(O)CO)cc3)CC2)c2nc(-c3ccco3)nn12. The molecule has 1 atom stereocenters. The van der Waals surface area contributed by atoms with Crippen molar-refractivity contribution >= 4 is 39.0 Å². The van der Waals surface area contributed by atoms with Gasteiger partial charge in [0.1, 0.15) is 23.2 Å². The highest BCUT2D eigenvalue weighted by molar-refractivity contribution is 7.17. The molecule has 1 saturated heterocycles. The first kappa shape index (κ1) is 25.3. The van der Waals surface area contributed by atoms with Crippen LogP contribution >= 0.6 is 11.3 Å². The number of ether oxygens (including phenoxy) is 1. The molecule has 0 saturated carbocycles. The van der Waals surface area contributed by atoms with Crippen molar-refractivity contribution in [2.24, 2.45) is 0 Å². The number of aliphatic hydroxyl groups excluding tert-OH is 2. The lowest BCUT2D eigenvalue weighted by molar-refractivity contribution is 0.0536. The fraction of sp³-hybridized carbons (Fsp3) is 0.360. The Bertz CT molecular complexity index is 1620. The van der Waals surface area contributed by atoms with Gasteiger partial charge in [-0.3, -0.25) is 14.3 Å². The lowest BCUT2D eigenvalue weighted by atomic mass is 10.2. The van der Waals surface area contributed by atoms with Gasteiger partial charge in [0.2, 0.25) is 11.8 Å². The summed E-state index contributed by atoms with van der Waals surface area (Å²) in [6.07, 6.45) is 0.657. The maximum atomic E-state index is 12.9. The maximum Gasteiger partial charge on any atom is 0.309 e. The number of piperazine rings is 1. The van der Waals surface area contributed by atoms with Crippen LogP contribution in [0.15, 0.2) is 51.9 Å². The molecule has 0 amide bonds. The minimum Gasteiger partial charge on any atom is -0.491 e. The number of nitrogens with two attached hydrogens (primary N) is 1. The van der Waals surface area contributed by atoms with Gasteiger partial charge in [0.05, 0.1) is 12.9 Å². The highest BCUT2D eigenvalue weighted by Crippen LogP contribution is 2.26. The number of anilines is 2. The zero-order valence-electron chi connectivity index (χ0n) is 21.0. The van der Waals surface area contributed by atoms with E-state index in [9.17, 15) is 9.90 Å². The molecule has 5 aromatic rings. The fourth-order valence-electron chi connectivity index (χ4n) is 4.61. The van der Waals surface area contributed by atoms with Crippen molar-refractivity contribution in [2.45, 2.75) is 12.6 Å². The van der Waals surface area contributed by atoms with E-state index in [1.807, 2.05) is 24.3 Å². The maximum absolute atomic E-state index is 12.9. The van der Waals surface area contributed by atoms with E-state index >= 15 is 0 Å². The predicted octanol–water partition coefficient (Wildman–Crippen LogP) is 0.897. The molecule has 13 nitrogen and oxygen atoms in total. The van der Waals surface area contributed by atoms with E-state index in [0.717, 1.165) is 43.2 Å². The smallest absolute Gasteiger partial charge is 0.309 e. The molecule has 1 aliphatic heterocycles. The molecular formula is C25H28N8O5S. The minimum absolute atomic E-state index is 0.0506. The van der Waals surface area contributed by atoms with Crippen molar-refractivity contribution in [3.63, 3.8) is 0 Å². The Morgan fingerprint density at radius 3 is 2.59 bits per heavy atom. The molecule has 39 heavy (non-hydrogen) atoms. The van der Waals surface area contributed by atoms with E-state index in [4.69, 9.17) is 20.0 Å². The summed E-state index contributed by atoms with van der Waals surface area (Å²) >= 11 is 1.09. The van der Waals surface area contributed by atoms with E-state index in [1.165, 1.54) is 4.52 Å². The molecule has 0 bridgehead atoms. The zero-order chi connectivity index (χ0) is 26.9. The van der Waals surface area contributed by atoms with E-state index in [1.54, 1.807) is 23.0 Å². The molecule has 5 heterocycles. The topological polar surface area (TPSA) is 160 Å². The first-order valence-corrected chi connectivity index (χ1v) is 13.4. The van der Waals surface area contributed by atoms with Crippen LogP contribution in [0.5, 0.6) is 5.75 Å². The van der Waals surface area contributed by atoms with Crippen molar-refractivity contribution in [3.05, 3.63) is 52.3 Å². The van der Waals surface area contributed by atoms with Crippen molar-refractivity contribution in [1.29, 1.82) is 0 Å². The fourth-order valence-corrected chi connectivity index (χ4v) is 5.54. The Morgan fingerprint density at radius 2 is 1.87 bits per heavy atom. The highest BCUT2D eigenvalue weighted by Gasteiger charge is 2.21. The number of aromatic nitrogens is 5. The molecule has 4 aromatic heterocycles. The Labute approximate surface area is 226 Å². The Hall–Kier alpha value is -3.98. The van der Waals surface area contributed by atoms with Crippen LogP contribution in [-0.4, -0.2) is 91.3 Å². The lowest BCUT2D eigenvalue weighted by Crippen LogP contribution is -2.47. The summed E-state index contributed by atoms with van der Waals surface area (Å²) in [5.41, 5.74) is 8.28. The van der Waals surface area contributed by atoms with E-state index in [0.29, 0.717) is 46.4 Å². The predicted molar refractivity (Wildman–Crippen MR) is 146 cm³/mol. The molecule has 0 radical (unpaired) electrons. The minimum atomic E-state index is -0.891. The summed E-state index contributed by atoms with van der Waals surface area (Å²) in [4.78, 5) is 26.5. The van der Waals surface area contributed by atoms with Gasteiger partial charge in [-0.15, -0.1) is 5.10 Å². The summed E-state index contributed by atoms with van der Waals surface area (Å²) in [6.45, 7) is 4.33. The second-order valence-corrected chi connectivity index (χ2v) is 10.2. The highest BCUT2D eigenvalue weighted by atomic mass is 32.1. The molecule has 1 aromatic carbocycles. The molecule has 0 aliphatic carbocycles. The van der Waals surface area contributed by atoms with Gasteiger partial charge in [0, 0.05) is 45.0 Å². The van der Waals surface area contributed by atoms with Crippen LogP contribution in [0.3, 0.4) is 0 Å². The second kappa shape index (κ2) is 10.6. The van der Waals surface area contributed by atoms with Crippen LogP contribution in [0.1, 0.15) is 0 Å². The summed E-state index contributed by atoms with van der Waals surface area (Å²) in [5.74, 6) is 1.70. The van der Waals surface area contributed by atoms with E-state index in [2.05, 4.69) is 24.9 Å². The second-order valence-electron chi connectivity index (χ2n) is 9.26. The molecule has 1 unspecified atom stereocenters. The Morgan fingerprint density at radius 1 is 1.08 bits per heavy atom. The molecular weight excluding hydrogens is 524 g/mol. The summed E-state index contributed by atoms with van der Waals surface area (Å²) in [7, 11) is 0. The van der Waals surface area contributed by atoms with Gasteiger partial charge in [-0.1, -0.05) is 11.3 Å². The number of hydrogen-bond acceptors (Lipinski definition) is 12. The van der Waals surface area contributed by atoms with Crippen LogP contribution in [-0.2, 0) is 6.54 Å². The third-order valence-corrected chi connectivity index (χ3v) is 7.69. The number of rotatable bonds is 9. The molecule has 204 valence electrons. The first-order chi connectivity index (χ1) is 19.0. The van der Waals surface area contributed by atoms with Crippen molar-refractivity contribution in [2.75, 3.05) is 56.6 Å². The summed E-state index contributed by atoms with van der Waals surface area (Å²) in [6, 6.07) is 11.2. The molecule has 4 N–H and O–H groups in total. The number of nitrogen functional groups attached to an aromatic ring is 1. The van der Waals surface area contributed by atoms with Crippen molar-refractivity contribution in [1.82, 2.24) is 29.0 Å². The van der Waals surface area contributed by atoms with Gasteiger partial charge in [0.25, 0.3) is 0 Å². The third kappa shape index (κ3) is 5.06.